The van der Waals surface area contributed by atoms with Crippen molar-refractivity contribution < 1.29 is 4.74 Å². The summed E-state index contributed by atoms with van der Waals surface area (Å²) >= 11 is 0. The fourth-order valence-electron chi connectivity index (χ4n) is 3.50. The fraction of sp³-hybridized carbons (Fsp3) is 0.600. The molecule has 2 aliphatic rings. The normalized spacial score (nSPS) is 27.6. The number of nitrogens with two attached hydrogens (primary N) is 1. The molecule has 3 N–H and O–H groups in total. The summed E-state index contributed by atoms with van der Waals surface area (Å²) in [5, 5.41) is 0. The van der Waals surface area contributed by atoms with Gasteiger partial charge >= 0.3 is 0 Å². The van der Waals surface area contributed by atoms with Gasteiger partial charge in [-0.25, -0.2) is 0 Å². The molecule has 120 valence electrons. The number of ether oxygens (including phenoxy) is 1. The Kier molecular flexibility index (Phi) is 7.24. The number of nitrogens with zero attached hydrogens (tertiary/aromatic N) is 1. The van der Waals surface area contributed by atoms with Crippen LogP contribution in [0.25, 0.3) is 0 Å². The average molecular weight is 334 g/mol. The predicted molar refractivity (Wildman–Crippen MR) is 90.2 cm³/mol. The largest absolute Gasteiger partial charge is 0.490 e. The van der Waals surface area contributed by atoms with E-state index in [-0.39, 0.29) is 24.8 Å². The van der Waals surface area contributed by atoms with Gasteiger partial charge in [-0.2, -0.15) is 0 Å². The van der Waals surface area contributed by atoms with Gasteiger partial charge in [-0.3, -0.25) is 11.3 Å². The maximum absolute atomic E-state index is 6.18. The summed E-state index contributed by atoms with van der Waals surface area (Å²) in [6.07, 6.45) is 5.35. The van der Waals surface area contributed by atoms with Crippen molar-refractivity contribution in [2.45, 2.75) is 50.4 Å². The van der Waals surface area contributed by atoms with E-state index < -0.39 is 0 Å². The maximum atomic E-state index is 6.18. The highest BCUT2D eigenvalue weighted by molar-refractivity contribution is 5.85. The average Bonchev–Trinajstić information content (AvgIpc) is 2.63. The van der Waals surface area contributed by atoms with Crippen molar-refractivity contribution in [3.8, 4) is 5.75 Å². The summed E-state index contributed by atoms with van der Waals surface area (Å²) in [5.74, 6) is 6.33. The molecule has 0 amide bonds. The molecule has 0 spiro atoms. The van der Waals surface area contributed by atoms with Crippen molar-refractivity contribution >= 4 is 24.8 Å². The molecule has 2 bridgehead atoms. The second-order valence-electron chi connectivity index (χ2n) is 5.79. The van der Waals surface area contributed by atoms with E-state index in [1.54, 1.807) is 0 Å². The van der Waals surface area contributed by atoms with Gasteiger partial charge in [-0.05, 0) is 50.4 Å². The number of benzene rings is 1. The summed E-state index contributed by atoms with van der Waals surface area (Å²) in [5.41, 5.74) is 3.85. The van der Waals surface area contributed by atoms with Crippen LogP contribution in [0.1, 0.15) is 31.2 Å². The Bertz CT molecular complexity index is 433. The Hall–Kier alpha value is -0.520. The third-order valence-corrected chi connectivity index (χ3v) is 4.56. The molecule has 2 fully saturated rings. The van der Waals surface area contributed by atoms with E-state index in [1.807, 2.05) is 12.1 Å². The number of halogens is 2. The Labute approximate surface area is 139 Å². The monoisotopic (exact) mass is 333 g/mol. The third-order valence-electron chi connectivity index (χ3n) is 4.56. The molecular weight excluding hydrogens is 309 g/mol. The van der Waals surface area contributed by atoms with Crippen LogP contribution in [0, 0.1) is 0 Å². The Morgan fingerprint density at radius 1 is 1.24 bits per heavy atom. The standard InChI is InChI=1S/C15H23N3O.2ClH/c1-18-12-5-6-13(18)9-15(8-12)19-14-4-2-3-11(7-14)10-17-16;;/h2-4,7,12-13,15,17H,5-6,8-10,16H2,1H3;2*1H/t12-,13+,15?;;. The number of fused-ring (bicyclic) bond motifs is 2. The number of hydrogen-bond donors (Lipinski definition) is 2. The number of hydrazine groups is 1. The van der Waals surface area contributed by atoms with Gasteiger partial charge in [0.15, 0.2) is 0 Å². The molecular formula is C15H25Cl2N3O. The van der Waals surface area contributed by atoms with Crippen molar-refractivity contribution in [2.24, 2.45) is 5.84 Å². The van der Waals surface area contributed by atoms with Gasteiger partial charge in [-0.1, -0.05) is 12.1 Å². The van der Waals surface area contributed by atoms with Crippen LogP contribution in [-0.2, 0) is 6.54 Å². The van der Waals surface area contributed by atoms with Crippen molar-refractivity contribution in [1.29, 1.82) is 0 Å². The van der Waals surface area contributed by atoms with Gasteiger partial charge in [0.05, 0.1) is 0 Å². The summed E-state index contributed by atoms with van der Waals surface area (Å²) < 4.78 is 6.18. The fourth-order valence-corrected chi connectivity index (χ4v) is 3.50. The van der Waals surface area contributed by atoms with Gasteiger partial charge in [0, 0.05) is 18.6 Å². The van der Waals surface area contributed by atoms with E-state index in [0.29, 0.717) is 12.6 Å². The molecule has 6 heteroatoms. The van der Waals surface area contributed by atoms with Crippen molar-refractivity contribution in [1.82, 2.24) is 10.3 Å². The molecule has 3 rings (SSSR count). The number of nitrogens with one attached hydrogen (secondary N) is 1. The quantitative estimate of drug-likeness (QED) is 0.656. The van der Waals surface area contributed by atoms with Crippen LogP contribution in [0.2, 0.25) is 0 Å². The molecule has 4 nitrogen and oxygen atoms in total. The summed E-state index contributed by atoms with van der Waals surface area (Å²) in [6, 6.07) is 9.66. The molecule has 1 unspecified atom stereocenters. The van der Waals surface area contributed by atoms with Crippen molar-refractivity contribution in [2.75, 3.05) is 7.05 Å². The van der Waals surface area contributed by atoms with Gasteiger partial charge in [0.25, 0.3) is 0 Å². The first-order valence-electron chi connectivity index (χ1n) is 7.17. The molecule has 0 aliphatic carbocycles. The van der Waals surface area contributed by atoms with Gasteiger partial charge in [-0.15, -0.1) is 24.8 Å². The number of rotatable bonds is 4. The lowest BCUT2D eigenvalue weighted by molar-refractivity contribution is 0.0661. The molecule has 0 saturated carbocycles. The lowest BCUT2D eigenvalue weighted by Gasteiger charge is -2.36. The van der Waals surface area contributed by atoms with E-state index in [4.69, 9.17) is 10.6 Å². The number of hydrogen-bond acceptors (Lipinski definition) is 4. The number of piperidine rings is 1. The van der Waals surface area contributed by atoms with E-state index in [2.05, 4.69) is 29.5 Å². The molecule has 1 aromatic carbocycles. The zero-order valence-corrected chi connectivity index (χ0v) is 14.0. The second kappa shape index (κ2) is 8.20. The van der Waals surface area contributed by atoms with E-state index in [0.717, 1.165) is 36.2 Å². The Morgan fingerprint density at radius 2 is 1.90 bits per heavy atom. The third kappa shape index (κ3) is 4.24. The highest BCUT2D eigenvalue weighted by atomic mass is 35.5. The molecule has 3 atom stereocenters. The molecule has 2 heterocycles. The highest BCUT2D eigenvalue weighted by Crippen LogP contribution is 2.35. The summed E-state index contributed by atoms with van der Waals surface area (Å²) in [7, 11) is 2.26. The Balaban J connectivity index is 0.00000110. The topological polar surface area (TPSA) is 50.5 Å². The predicted octanol–water partition coefficient (Wildman–Crippen LogP) is 2.50. The van der Waals surface area contributed by atoms with Crippen molar-refractivity contribution in [3.05, 3.63) is 29.8 Å². The van der Waals surface area contributed by atoms with Crippen LogP contribution >= 0.6 is 24.8 Å². The second-order valence-corrected chi connectivity index (χ2v) is 5.79. The van der Waals surface area contributed by atoms with E-state index in [1.165, 1.54) is 12.8 Å². The van der Waals surface area contributed by atoms with Gasteiger partial charge < -0.3 is 9.64 Å². The van der Waals surface area contributed by atoms with Crippen LogP contribution < -0.4 is 16.0 Å². The zero-order valence-electron chi connectivity index (χ0n) is 12.3. The molecule has 2 aliphatic heterocycles. The van der Waals surface area contributed by atoms with Crippen LogP contribution in [0.3, 0.4) is 0 Å². The molecule has 2 saturated heterocycles. The molecule has 0 aromatic heterocycles. The minimum absolute atomic E-state index is 0. The van der Waals surface area contributed by atoms with Gasteiger partial charge in [0.2, 0.25) is 0 Å². The van der Waals surface area contributed by atoms with Crippen LogP contribution in [0.4, 0.5) is 0 Å². The first kappa shape index (κ1) is 18.5. The molecule has 1 aromatic rings. The highest BCUT2D eigenvalue weighted by Gasteiger charge is 2.39. The Morgan fingerprint density at radius 3 is 2.52 bits per heavy atom. The first-order chi connectivity index (χ1) is 9.26. The zero-order chi connectivity index (χ0) is 13.2. The van der Waals surface area contributed by atoms with Crippen LogP contribution in [-0.4, -0.2) is 30.1 Å². The minimum Gasteiger partial charge on any atom is -0.490 e. The lowest BCUT2D eigenvalue weighted by atomic mass is 10.0. The summed E-state index contributed by atoms with van der Waals surface area (Å²) in [4.78, 5) is 2.54. The smallest absolute Gasteiger partial charge is 0.120 e. The lowest BCUT2D eigenvalue weighted by Crippen LogP contribution is -2.43. The summed E-state index contributed by atoms with van der Waals surface area (Å²) in [6.45, 7) is 0.676. The SMILES string of the molecule is CN1[C@@H]2CC[C@H]1CC(Oc1cccc(CNN)c1)C2.Cl.Cl. The minimum atomic E-state index is 0. The van der Waals surface area contributed by atoms with E-state index >= 15 is 0 Å². The molecule has 21 heavy (non-hydrogen) atoms. The first-order valence-corrected chi connectivity index (χ1v) is 7.17. The maximum Gasteiger partial charge on any atom is 0.120 e. The van der Waals surface area contributed by atoms with Gasteiger partial charge in [0.1, 0.15) is 11.9 Å². The van der Waals surface area contributed by atoms with E-state index in [9.17, 15) is 0 Å². The van der Waals surface area contributed by atoms with Crippen molar-refractivity contribution in [3.63, 3.8) is 0 Å². The molecule has 0 radical (unpaired) electrons. The van der Waals surface area contributed by atoms with Crippen LogP contribution in [0.5, 0.6) is 5.75 Å². The van der Waals surface area contributed by atoms with Crippen LogP contribution in [0.15, 0.2) is 24.3 Å².